The van der Waals surface area contributed by atoms with Gasteiger partial charge in [0.2, 0.25) is 0 Å². The highest BCUT2D eigenvalue weighted by Gasteiger charge is 2.13. The molecule has 0 saturated carbocycles. The third-order valence-corrected chi connectivity index (χ3v) is 3.17. The Balaban J connectivity index is 1.81. The molecule has 0 saturated heterocycles. The number of halogens is 1. The summed E-state index contributed by atoms with van der Waals surface area (Å²) >= 11 is 0. The Labute approximate surface area is 131 Å². The zero-order valence-electron chi connectivity index (χ0n) is 12.2. The van der Waals surface area contributed by atoms with Crippen LogP contribution in [0.1, 0.15) is 10.5 Å². The number of anilines is 1. The van der Waals surface area contributed by atoms with Gasteiger partial charge in [-0.05, 0) is 24.3 Å². The van der Waals surface area contributed by atoms with Gasteiger partial charge in [-0.3, -0.25) is 4.79 Å². The summed E-state index contributed by atoms with van der Waals surface area (Å²) in [7, 11) is 1.56. The number of nitrogens with one attached hydrogen (secondary N) is 1. The van der Waals surface area contributed by atoms with E-state index in [0.717, 1.165) is 0 Å². The maximum absolute atomic E-state index is 13.5. The van der Waals surface area contributed by atoms with Crippen LogP contribution < -0.4 is 10.1 Å². The smallest absolute Gasteiger partial charge is 0.277 e. The van der Waals surface area contributed by atoms with Crippen LogP contribution in [0.3, 0.4) is 0 Å². The molecule has 0 unspecified atom stereocenters. The fourth-order valence-corrected chi connectivity index (χ4v) is 2.00. The normalized spacial score (nSPS) is 10.3. The number of para-hydroxylation sites is 1. The van der Waals surface area contributed by atoms with Crippen molar-refractivity contribution in [2.75, 3.05) is 12.4 Å². The third kappa shape index (κ3) is 3.18. The first kappa shape index (κ1) is 14.7. The number of hydrogen-bond donors (Lipinski definition) is 1. The van der Waals surface area contributed by atoms with Crippen LogP contribution in [0.15, 0.2) is 54.7 Å². The minimum absolute atomic E-state index is 0.0797. The molecule has 1 N–H and O–H groups in total. The Bertz CT molecular complexity index is 847. The Hall–Kier alpha value is -3.22. The lowest BCUT2D eigenvalue weighted by atomic mass is 10.3. The highest BCUT2D eigenvalue weighted by atomic mass is 19.1. The predicted molar refractivity (Wildman–Crippen MR) is 82.3 cm³/mol. The molecular weight excluding hydrogens is 299 g/mol. The highest BCUT2D eigenvalue weighted by molar-refractivity contribution is 6.02. The van der Waals surface area contributed by atoms with Crippen LogP contribution in [-0.4, -0.2) is 28.0 Å². The molecule has 0 spiro atoms. The number of methoxy groups -OCH3 is 1. The number of carbonyl (C=O) groups is 1. The summed E-state index contributed by atoms with van der Waals surface area (Å²) in [5.74, 6) is -0.388. The predicted octanol–water partition coefficient (Wildman–Crippen LogP) is 2.67. The van der Waals surface area contributed by atoms with Crippen LogP contribution in [0.2, 0.25) is 0 Å². The van der Waals surface area contributed by atoms with E-state index in [1.807, 2.05) is 0 Å². The molecule has 116 valence electrons. The van der Waals surface area contributed by atoms with E-state index in [4.69, 9.17) is 4.74 Å². The van der Waals surface area contributed by atoms with Gasteiger partial charge in [0, 0.05) is 6.07 Å². The molecule has 0 aliphatic rings. The maximum Gasteiger partial charge on any atom is 0.277 e. The van der Waals surface area contributed by atoms with Crippen molar-refractivity contribution in [1.29, 1.82) is 0 Å². The minimum atomic E-state index is -0.538. The Morgan fingerprint density at radius 3 is 2.83 bits per heavy atom. The van der Waals surface area contributed by atoms with Crippen molar-refractivity contribution in [1.82, 2.24) is 15.0 Å². The lowest BCUT2D eigenvalue weighted by molar-refractivity contribution is 0.102. The fraction of sp³-hybridized carbons (Fsp3) is 0.0625. The molecule has 23 heavy (non-hydrogen) atoms. The number of carbonyl (C=O) groups excluding carboxylic acids is 1. The number of aromatic nitrogens is 3. The zero-order valence-corrected chi connectivity index (χ0v) is 12.2. The molecule has 3 aromatic rings. The summed E-state index contributed by atoms with van der Waals surface area (Å²) in [6.07, 6.45) is 1.46. The Morgan fingerprint density at radius 2 is 2.04 bits per heavy atom. The number of amides is 1. The van der Waals surface area contributed by atoms with Gasteiger partial charge in [-0.1, -0.05) is 23.4 Å². The molecule has 1 aromatic heterocycles. The van der Waals surface area contributed by atoms with Gasteiger partial charge < -0.3 is 10.1 Å². The molecule has 0 radical (unpaired) electrons. The second-order valence-corrected chi connectivity index (χ2v) is 4.68. The van der Waals surface area contributed by atoms with Crippen LogP contribution in [-0.2, 0) is 0 Å². The second kappa shape index (κ2) is 6.27. The topological polar surface area (TPSA) is 69.0 Å². The maximum atomic E-state index is 13.5. The van der Waals surface area contributed by atoms with Crippen molar-refractivity contribution >= 4 is 11.6 Å². The quantitative estimate of drug-likeness (QED) is 0.804. The average Bonchev–Trinajstić information content (AvgIpc) is 3.07. The lowest BCUT2D eigenvalue weighted by Crippen LogP contribution is -2.13. The monoisotopic (exact) mass is 312 g/mol. The van der Waals surface area contributed by atoms with E-state index >= 15 is 0 Å². The molecule has 1 heterocycles. The summed E-state index contributed by atoms with van der Waals surface area (Å²) < 4.78 is 20.1. The van der Waals surface area contributed by atoms with E-state index in [0.29, 0.717) is 11.4 Å². The molecule has 3 rings (SSSR count). The number of rotatable bonds is 4. The number of ether oxygens (including phenoxy) is 1. The van der Waals surface area contributed by atoms with E-state index in [-0.39, 0.29) is 11.4 Å². The van der Waals surface area contributed by atoms with E-state index in [1.54, 1.807) is 43.5 Å². The van der Waals surface area contributed by atoms with Crippen molar-refractivity contribution in [2.24, 2.45) is 0 Å². The van der Waals surface area contributed by atoms with Crippen LogP contribution in [0.25, 0.3) is 5.69 Å². The molecule has 1 amide bonds. The van der Waals surface area contributed by atoms with E-state index in [2.05, 4.69) is 15.6 Å². The van der Waals surface area contributed by atoms with Crippen molar-refractivity contribution in [3.8, 4) is 11.4 Å². The summed E-state index contributed by atoms with van der Waals surface area (Å²) in [6, 6.07) is 13.1. The molecular formula is C16H13FN4O2. The standard InChI is InChI=1S/C16H13FN4O2/c1-23-12-6-4-5-11(9-12)21-10-15(19-20-21)16(22)18-14-8-3-2-7-13(14)17/h2-10H,1H3,(H,18,22). The molecule has 6 nitrogen and oxygen atoms in total. The van der Waals surface area contributed by atoms with Gasteiger partial charge >= 0.3 is 0 Å². The number of hydrogen-bond acceptors (Lipinski definition) is 4. The van der Waals surface area contributed by atoms with Crippen LogP contribution in [0, 0.1) is 5.82 Å². The fourth-order valence-electron chi connectivity index (χ4n) is 2.00. The first-order valence-corrected chi connectivity index (χ1v) is 6.80. The first-order chi connectivity index (χ1) is 11.2. The minimum Gasteiger partial charge on any atom is -0.497 e. The Kier molecular flexibility index (Phi) is 4.01. The summed E-state index contributed by atoms with van der Waals surface area (Å²) in [5, 5.41) is 10.2. The number of benzene rings is 2. The Morgan fingerprint density at radius 1 is 1.22 bits per heavy atom. The largest absolute Gasteiger partial charge is 0.497 e. The molecule has 0 bridgehead atoms. The van der Waals surface area contributed by atoms with Gasteiger partial charge in [0.05, 0.1) is 24.7 Å². The van der Waals surface area contributed by atoms with Gasteiger partial charge in [0.15, 0.2) is 5.69 Å². The highest BCUT2D eigenvalue weighted by Crippen LogP contribution is 2.16. The molecule has 0 aliphatic carbocycles. The SMILES string of the molecule is COc1cccc(-n2cc(C(=O)Nc3ccccc3F)nn2)c1. The second-order valence-electron chi connectivity index (χ2n) is 4.68. The molecule has 0 aliphatic heterocycles. The summed E-state index contributed by atoms with van der Waals surface area (Å²) in [6.45, 7) is 0. The van der Waals surface area contributed by atoms with Crippen molar-refractivity contribution < 1.29 is 13.9 Å². The van der Waals surface area contributed by atoms with Crippen LogP contribution in [0.5, 0.6) is 5.75 Å². The number of nitrogens with zero attached hydrogens (tertiary/aromatic N) is 3. The van der Waals surface area contributed by atoms with Gasteiger partial charge in [0.25, 0.3) is 5.91 Å². The van der Waals surface area contributed by atoms with E-state index in [9.17, 15) is 9.18 Å². The van der Waals surface area contributed by atoms with Crippen LogP contribution >= 0.6 is 0 Å². The molecule has 2 aromatic carbocycles. The summed E-state index contributed by atoms with van der Waals surface area (Å²) in [4.78, 5) is 12.1. The van der Waals surface area contributed by atoms with Crippen molar-refractivity contribution in [2.45, 2.75) is 0 Å². The molecule has 0 fully saturated rings. The third-order valence-electron chi connectivity index (χ3n) is 3.17. The average molecular weight is 312 g/mol. The molecule has 7 heteroatoms. The van der Waals surface area contributed by atoms with Crippen molar-refractivity contribution in [3.63, 3.8) is 0 Å². The van der Waals surface area contributed by atoms with Crippen LogP contribution in [0.4, 0.5) is 10.1 Å². The lowest BCUT2D eigenvalue weighted by Gasteiger charge is -2.04. The van der Waals surface area contributed by atoms with Gasteiger partial charge in [-0.2, -0.15) is 0 Å². The van der Waals surface area contributed by atoms with E-state index < -0.39 is 11.7 Å². The summed E-state index contributed by atoms with van der Waals surface area (Å²) in [5.41, 5.74) is 0.867. The molecule has 0 atom stereocenters. The zero-order chi connectivity index (χ0) is 16.2. The van der Waals surface area contributed by atoms with E-state index in [1.165, 1.54) is 23.0 Å². The van der Waals surface area contributed by atoms with Gasteiger partial charge in [-0.15, -0.1) is 5.10 Å². The van der Waals surface area contributed by atoms with Gasteiger partial charge in [-0.25, -0.2) is 9.07 Å². The first-order valence-electron chi connectivity index (χ1n) is 6.80. The van der Waals surface area contributed by atoms with Crippen molar-refractivity contribution in [3.05, 3.63) is 66.2 Å². The van der Waals surface area contributed by atoms with Gasteiger partial charge in [0.1, 0.15) is 11.6 Å².